The van der Waals surface area contributed by atoms with Gasteiger partial charge in [-0.15, -0.1) is 0 Å². The van der Waals surface area contributed by atoms with Gasteiger partial charge in [-0.3, -0.25) is 4.90 Å². The number of morpholine rings is 1. The lowest BCUT2D eigenvalue weighted by Gasteiger charge is -2.35. The molecule has 2 unspecified atom stereocenters. The number of hydrogen-bond acceptors (Lipinski definition) is 2. The highest BCUT2D eigenvalue weighted by atomic mass is 16.5. The zero-order chi connectivity index (χ0) is 13.2. The third-order valence-corrected chi connectivity index (χ3v) is 3.66. The van der Waals surface area contributed by atoms with Crippen LogP contribution in [-0.4, -0.2) is 37.2 Å². The highest BCUT2D eigenvalue weighted by Gasteiger charge is 2.20. The van der Waals surface area contributed by atoms with E-state index in [4.69, 9.17) is 4.74 Å². The second kappa shape index (κ2) is 9.12. The van der Waals surface area contributed by atoms with Crippen molar-refractivity contribution in [3.63, 3.8) is 0 Å². The summed E-state index contributed by atoms with van der Waals surface area (Å²) in [5.41, 5.74) is 0. The zero-order valence-corrected chi connectivity index (χ0v) is 11.8. The molecule has 0 saturated carbocycles. The van der Waals surface area contributed by atoms with Crippen LogP contribution in [0.15, 0.2) is 37.0 Å². The fraction of sp³-hybridized carbons (Fsp3) is 0.625. The van der Waals surface area contributed by atoms with Crippen molar-refractivity contribution in [3.05, 3.63) is 37.0 Å². The Hall–Kier alpha value is -0.860. The van der Waals surface area contributed by atoms with E-state index in [0.29, 0.717) is 12.0 Å². The van der Waals surface area contributed by atoms with Crippen LogP contribution in [0.1, 0.15) is 26.7 Å². The van der Waals surface area contributed by atoms with Crippen LogP contribution in [0.25, 0.3) is 0 Å². The molecule has 1 fully saturated rings. The molecular weight excluding hydrogens is 222 g/mol. The number of rotatable bonds is 7. The normalized spacial score (nSPS) is 21.4. The Labute approximate surface area is 112 Å². The lowest BCUT2D eigenvalue weighted by molar-refractivity contribution is 0.00942. The molecule has 0 aliphatic carbocycles. The van der Waals surface area contributed by atoms with Crippen molar-refractivity contribution in [3.8, 4) is 0 Å². The molecule has 0 spiro atoms. The molecule has 102 valence electrons. The lowest BCUT2D eigenvalue weighted by Crippen LogP contribution is -2.44. The number of allylic oxidation sites excluding steroid dienone is 5. The van der Waals surface area contributed by atoms with Gasteiger partial charge in [-0.1, -0.05) is 43.9 Å². The predicted molar refractivity (Wildman–Crippen MR) is 78.7 cm³/mol. The third kappa shape index (κ3) is 5.65. The van der Waals surface area contributed by atoms with Gasteiger partial charge in [-0.05, 0) is 25.7 Å². The quantitative estimate of drug-likeness (QED) is 0.506. The first kappa shape index (κ1) is 15.2. The Morgan fingerprint density at radius 2 is 1.89 bits per heavy atom. The lowest BCUT2D eigenvalue weighted by atomic mass is 9.97. The second-order valence-corrected chi connectivity index (χ2v) is 4.97. The van der Waals surface area contributed by atoms with Crippen molar-refractivity contribution in [2.24, 2.45) is 5.92 Å². The Balaban J connectivity index is 2.23. The van der Waals surface area contributed by atoms with Gasteiger partial charge in [-0.25, -0.2) is 0 Å². The van der Waals surface area contributed by atoms with Crippen LogP contribution < -0.4 is 0 Å². The summed E-state index contributed by atoms with van der Waals surface area (Å²) in [6.45, 7) is 12.3. The molecule has 0 aromatic heterocycles. The predicted octanol–water partition coefficient (Wildman–Crippen LogP) is 3.42. The van der Waals surface area contributed by atoms with E-state index >= 15 is 0 Å². The van der Waals surface area contributed by atoms with Crippen LogP contribution >= 0.6 is 0 Å². The maximum Gasteiger partial charge on any atom is 0.0594 e. The number of ether oxygens (including phenoxy) is 1. The SMILES string of the molecule is C=CC=CC/C=C\CC(C)C(C)N1CCOCC1. The molecular formula is C16H27NO. The molecule has 0 aromatic carbocycles. The summed E-state index contributed by atoms with van der Waals surface area (Å²) >= 11 is 0. The molecule has 1 aliphatic rings. The van der Waals surface area contributed by atoms with Gasteiger partial charge in [0, 0.05) is 19.1 Å². The summed E-state index contributed by atoms with van der Waals surface area (Å²) in [7, 11) is 0. The van der Waals surface area contributed by atoms with Gasteiger partial charge >= 0.3 is 0 Å². The van der Waals surface area contributed by atoms with Gasteiger partial charge < -0.3 is 4.74 Å². The molecule has 2 heteroatoms. The Morgan fingerprint density at radius 1 is 1.17 bits per heavy atom. The minimum absolute atomic E-state index is 0.641. The minimum atomic E-state index is 0.641. The van der Waals surface area contributed by atoms with E-state index < -0.39 is 0 Å². The summed E-state index contributed by atoms with van der Waals surface area (Å²) in [6.07, 6.45) is 12.6. The smallest absolute Gasteiger partial charge is 0.0594 e. The maximum absolute atomic E-state index is 5.39. The molecule has 0 amide bonds. The average molecular weight is 249 g/mol. The van der Waals surface area contributed by atoms with E-state index in [-0.39, 0.29) is 0 Å². The second-order valence-electron chi connectivity index (χ2n) is 4.97. The molecule has 0 N–H and O–H groups in total. The summed E-state index contributed by atoms with van der Waals surface area (Å²) in [4.78, 5) is 2.54. The van der Waals surface area contributed by atoms with Gasteiger partial charge in [0.15, 0.2) is 0 Å². The summed E-state index contributed by atoms with van der Waals surface area (Å²) in [6, 6.07) is 0.641. The highest BCUT2D eigenvalue weighted by molar-refractivity contribution is 5.01. The number of nitrogens with zero attached hydrogens (tertiary/aromatic N) is 1. The summed E-state index contributed by atoms with van der Waals surface area (Å²) in [5, 5.41) is 0. The Kier molecular flexibility index (Phi) is 7.70. The third-order valence-electron chi connectivity index (χ3n) is 3.66. The van der Waals surface area contributed by atoms with Gasteiger partial charge in [-0.2, -0.15) is 0 Å². The average Bonchev–Trinajstić information content (AvgIpc) is 2.42. The topological polar surface area (TPSA) is 12.5 Å². The minimum Gasteiger partial charge on any atom is -0.379 e. The van der Waals surface area contributed by atoms with Crippen molar-refractivity contribution in [2.45, 2.75) is 32.7 Å². The maximum atomic E-state index is 5.39. The first-order valence-corrected chi connectivity index (χ1v) is 7.00. The first-order valence-electron chi connectivity index (χ1n) is 7.00. The largest absolute Gasteiger partial charge is 0.379 e. The van der Waals surface area contributed by atoms with Crippen molar-refractivity contribution < 1.29 is 4.74 Å². The summed E-state index contributed by atoms with van der Waals surface area (Å²) < 4.78 is 5.39. The Morgan fingerprint density at radius 3 is 2.56 bits per heavy atom. The van der Waals surface area contributed by atoms with Gasteiger partial charge in [0.05, 0.1) is 13.2 Å². The van der Waals surface area contributed by atoms with Crippen molar-refractivity contribution in [1.82, 2.24) is 4.90 Å². The molecule has 1 rings (SSSR count). The standard InChI is InChI=1S/C16H27NO/c1-4-5-6-7-8-9-10-15(2)16(3)17-11-13-18-14-12-17/h4-6,8-9,15-16H,1,7,10-14H2,2-3H3/b6-5?,9-8-. The summed E-state index contributed by atoms with van der Waals surface area (Å²) in [5.74, 6) is 0.697. The molecule has 2 nitrogen and oxygen atoms in total. The van der Waals surface area contributed by atoms with Crippen molar-refractivity contribution >= 4 is 0 Å². The monoisotopic (exact) mass is 249 g/mol. The molecule has 18 heavy (non-hydrogen) atoms. The van der Waals surface area contributed by atoms with Crippen LogP contribution in [0.5, 0.6) is 0 Å². The molecule has 0 bridgehead atoms. The molecule has 1 heterocycles. The van der Waals surface area contributed by atoms with Crippen molar-refractivity contribution in [1.29, 1.82) is 0 Å². The highest BCUT2D eigenvalue weighted by Crippen LogP contribution is 2.16. The van der Waals surface area contributed by atoms with E-state index in [1.807, 2.05) is 12.2 Å². The van der Waals surface area contributed by atoms with Gasteiger partial charge in [0.2, 0.25) is 0 Å². The van der Waals surface area contributed by atoms with E-state index in [1.54, 1.807) is 0 Å². The van der Waals surface area contributed by atoms with E-state index in [1.165, 1.54) is 0 Å². The van der Waals surface area contributed by atoms with Crippen LogP contribution in [0.2, 0.25) is 0 Å². The van der Waals surface area contributed by atoms with E-state index in [2.05, 4.69) is 43.6 Å². The molecule has 0 radical (unpaired) electrons. The van der Waals surface area contributed by atoms with Crippen molar-refractivity contribution in [2.75, 3.05) is 26.3 Å². The number of hydrogen-bond donors (Lipinski definition) is 0. The molecule has 1 saturated heterocycles. The fourth-order valence-electron chi connectivity index (χ4n) is 2.20. The van der Waals surface area contributed by atoms with E-state index in [9.17, 15) is 0 Å². The zero-order valence-electron chi connectivity index (χ0n) is 11.8. The van der Waals surface area contributed by atoms with Crippen LogP contribution in [0, 0.1) is 5.92 Å². The van der Waals surface area contributed by atoms with Gasteiger partial charge in [0.25, 0.3) is 0 Å². The van der Waals surface area contributed by atoms with Crippen LogP contribution in [-0.2, 0) is 4.74 Å². The fourth-order valence-corrected chi connectivity index (χ4v) is 2.20. The van der Waals surface area contributed by atoms with Crippen LogP contribution in [0.3, 0.4) is 0 Å². The molecule has 2 atom stereocenters. The van der Waals surface area contributed by atoms with E-state index in [0.717, 1.165) is 39.1 Å². The Bertz CT molecular complexity index is 277. The first-order chi connectivity index (χ1) is 8.75. The molecule has 0 aromatic rings. The molecule has 1 aliphatic heterocycles. The van der Waals surface area contributed by atoms with Gasteiger partial charge in [0.1, 0.15) is 0 Å². The van der Waals surface area contributed by atoms with Crippen LogP contribution in [0.4, 0.5) is 0 Å².